The summed E-state index contributed by atoms with van der Waals surface area (Å²) in [5.74, 6) is 0.210. The van der Waals surface area contributed by atoms with E-state index in [0.717, 1.165) is 38.0 Å². The highest BCUT2D eigenvalue weighted by molar-refractivity contribution is 5.83. The lowest BCUT2D eigenvalue weighted by Crippen LogP contribution is -2.56. The van der Waals surface area contributed by atoms with Gasteiger partial charge in [-0.3, -0.25) is 9.69 Å². The zero-order valence-electron chi connectivity index (χ0n) is 14.1. The van der Waals surface area contributed by atoms with Crippen LogP contribution in [0.2, 0.25) is 0 Å². The van der Waals surface area contributed by atoms with Gasteiger partial charge < -0.3 is 10.0 Å². The molecule has 4 rings (SSSR count). The summed E-state index contributed by atoms with van der Waals surface area (Å²) in [5.41, 5.74) is 1.91. The Morgan fingerprint density at radius 2 is 2.08 bits per heavy atom. The van der Waals surface area contributed by atoms with Crippen LogP contribution in [0.1, 0.15) is 25.0 Å². The first kappa shape index (κ1) is 15.6. The van der Waals surface area contributed by atoms with E-state index in [9.17, 15) is 9.90 Å². The number of likely N-dealkylation sites (N-methyl/N-ethyl adjacent to an activating group) is 1. The van der Waals surface area contributed by atoms with E-state index < -0.39 is 6.10 Å². The van der Waals surface area contributed by atoms with Gasteiger partial charge in [-0.25, -0.2) is 4.52 Å². The SMILES string of the molecule is CN1CC(O)CC2(CCN(Cc3cccc4ccnn34)CC2)C1=O. The summed E-state index contributed by atoms with van der Waals surface area (Å²) < 4.78 is 1.98. The number of aliphatic hydroxyl groups excluding tert-OH is 1. The first-order valence-corrected chi connectivity index (χ1v) is 8.65. The third-order valence-corrected chi connectivity index (χ3v) is 5.61. The number of likely N-dealkylation sites (tertiary alicyclic amines) is 2. The van der Waals surface area contributed by atoms with E-state index in [4.69, 9.17) is 0 Å². The maximum Gasteiger partial charge on any atom is 0.228 e. The molecule has 0 aromatic carbocycles. The standard InChI is InChI=1S/C18H24N4O2/c1-20-13-16(23)11-18(17(20)24)6-9-21(10-7-18)12-15-4-2-3-14-5-8-19-22(14)15/h2-5,8,16,23H,6-7,9-13H2,1H3. The quantitative estimate of drug-likeness (QED) is 0.898. The van der Waals surface area contributed by atoms with Crippen molar-refractivity contribution in [1.29, 1.82) is 0 Å². The van der Waals surface area contributed by atoms with Crippen LogP contribution in [0.3, 0.4) is 0 Å². The zero-order chi connectivity index (χ0) is 16.7. The van der Waals surface area contributed by atoms with Crippen LogP contribution in [0.5, 0.6) is 0 Å². The van der Waals surface area contributed by atoms with Gasteiger partial charge in [-0.1, -0.05) is 6.07 Å². The van der Waals surface area contributed by atoms with Crippen molar-refractivity contribution in [3.8, 4) is 0 Å². The summed E-state index contributed by atoms with van der Waals surface area (Å²) in [6, 6.07) is 8.23. The number of aromatic nitrogens is 2. The number of pyridine rings is 1. The highest BCUT2D eigenvalue weighted by atomic mass is 16.3. The van der Waals surface area contributed by atoms with E-state index in [-0.39, 0.29) is 11.3 Å². The second-order valence-electron chi connectivity index (χ2n) is 7.29. The van der Waals surface area contributed by atoms with Crippen molar-refractivity contribution in [2.24, 2.45) is 5.41 Å². The summed E-state index contributed by atoms with van der Waals surface area (Å²) in [6.07, 6.45) is 3.68. The molecule has 0 aliphatic carbocycles. The molecule has 2 aliphatic heterocycles. The summed E-state index contributed by atoms with van der Waals surface area (Å²) in [6.45, 7) is 3.06. The Morgan fingerprint density at radius 1 is 1.29 bits per heavy atom. The number of hydrogen-bond acceptors (Lipinski definition) is 4. The van der Waals surface area contributed by atoms with Crippen molar-refractivity contribution < 1.29 is 9.90 Å². The molecule has 2 fully saturated rings. The fraction of sp³-hybridized carbons (Fsp3) is 0.556. The summed E-state index contributed by atoms with van der Waals surface area (Å²) in [5, 5.41) is 14.5. The molecule has 2 aromatic rings. The van der Waals surface area contributed by atoms with Crippen molar-refractivity contribution in [3.05, 3.63) is 36.2 Å². The molecule has 0 saturated carbocycles. The molecule has 24 heavy (non-hydrogen) atoms. The second kappa shape index (κ2) is 5.86. The molecule has 6 nitrogen and oxygen atoms in total. The highest BCUT2D eigenvalue weighted by Crippen LogP contribution is 2.40. The Balaban J connectivity index is 1.46. The highest BCUT2D eigenvalue weighted by Gasteiger charge is 2.47. The molecule has 2 aliphatic rings. The first-order chi connectivity index (χ1) is 11.6. The van der Waals surface area contributed by atoms with Gasteiger partial charge in [0.25, 0.3) is 0 Å². The minimum absolute atomic E-state index is 0.210. The number of nitrogens with zero attached hydrogens (tertiary/aromatic N) is 4. The Labute approximate surface area is 141 Å². The normalized spacial score (nSPS) is 24.8. The molecule has 0 bridgehead atoms. The molecule has 6 heteroatoms. The fourth-order valence-electron chi connectivity index (χ4n) is 4.32. The lowest BCUT2D eigenvalue weighted by Gasteiger charge is -2.47. The number of rotatable bonds is 2. The monoisotopic (exact) mass is 328 g/mol. The zero-order valence-corrected chi connectivity index (χ0v) is 14.1. The number of fused-ring (bicyclic) bond motifs is 1. The van der Waals surface area contributed by atoms with E-state index in [0.29, 0.717) is 13.0 Å². The molecular formula is C18H24N4O2. The van der Waals surface area contributed by atoms with E-state index >= 15 is 0 Å². The van der Waals surface area contributed by atoms with Gasteiger partial charge in [0.05, 0.1) is 22.7 Å². The smallest absolute Gasteiger partial charge is 0.228 e. The predicted molar refractivity (Wildman–Crippen MR) is 90.4 cm³/mol. The van der Waals surface area contributed by atoms with Crippen LogP contribution in [0.15, 0.2) is 30.5 Å². The molecular weight excluding hydrogens is 304 g/mol. The Hall–Kier alpha value is -1.92. The number of aliphatic hydroxyl groups is 1. The van der Waals surface area contributed by atoms with Gasteiger partial charge in [0.15, 0.2) is 0 Å². The third kappa shape index (κ3) is 2.59. The van der Waals surface area contributed by atoms with Gasteiger partial charge in [-0.2, -0.15) is 5.10 Å². The number of carbonyl (C=O) groups is 1. The van der Waals surface area contributed by atoms with Gasteiger partial charge in [0.2, 0.25) is 5.91 Å². The summed E-state index contributed by atoms with van der Waals surface area (Å²) >= 11 is 0. The van der Waals surface area contributed by atoms with Gasteiger partial charge in [-0.05, 0) is 50.6 Å². The lowest BCUT2D eigenvalue weighted by atomic mass is 9.71. The Morgan fingerprint density at radius 3 is 2.88 bits per heavy atom. The Bertz CT molecular complexity index is 748. The van der Waals surface area contributed by atoms with Gasteiger partial charge in [0.1, 0.15) is 0 Å². The molecule has 1 atom stereocenters. The van der Waals surface area contributed by atoms with Crippen molar-refractivity contribution in [2.75, 3.05) is 26.7 Å². The number of β-amino-alcohol motifs (C(OH)–C–C–N with tert-alkyl or cyclic N) is 1. The maximum atomic E-state index is 12.6. The minimum atomic E-state index is -0.392. The van der Waals surface area contributed by atoms with Gasteiger partial charge in [-0.15, -0.1) is 0 Å². The average molecular weight is 328 g/mol. The third-order valence-electron chi connectivity index (χ3n) is 5.61. The van der Waals surface area contributed by atoms with E-state index in [1.165, 1.54) is 5.69 Å². The van der Waals surface area contributed by atoms with E-state index in [2.05, 4.69) is 28.2 Å². The molecule has 0 radical (unpaired) electrons. The van der Waals surface area contributed by atoms with Crippen LogP contribution in [0, 0.1) is 5.41 Å². The molecule has 1 N–H and O–H groups in total. The van der Waals surface area contributed by atoms with Crippen LogP contribution in [-0.4, -0.2) is 63.2 Å². The minimum Gasteiger partial charge on any atom is -0.391 e. The first-order valence-electron chi connectivity index (χ1n) is 8.65. The molecule has 2 aromatic heterocycles. The van der Waals surface area contributed by atoms with Crippen LogP contribution in [0.4, 0.5) is 0 Å². The van der Waals surface area contributed by atoms with E-state index in [1.807, 2.05) is 16.8 Å². The van der Waals surface area contributed by atoms with Crippen molar-refractivity contribution in [1.82, 2.24) is 19.4 Å². The molecule has 4 heterocycles. The average Bonchev–Trinajstić information content (AvgIpc) is 3.04. The van der Waals surface area contributed by atoms with Crippen LogP contribution in [0.25, 0.3) is 5.52 Å². The fourth-order valence-corrected chi connectivity index (χ4v) is 4.32. The van der Waals surface area contributed by atoms with Crippen molar-refractivity contribution in [2.45, 2.75) is 31.9 Å². The maximum absolute atomic E-state index is 12.6. The molecule has 128 valence electrons. The van der Waals surface area contributed by atoms with Crippen LogP contribution in [-0.2, 0) is 11.3 Å². The van der Waals surface area contributed by atoms with Crippen molar-refractivity contribution in [3.63, 3.8) is 0 Å². The number of amides is 1. The molecule has 2 saturated heterocycles. The van der Waals surface area contributed by atoms with Gasteiger partial charge >= 0.3 is 0 Å². The molecule has 1 spiro atoms. The Kier molecular flexibility index (Phi) is 3.81. The topological polar surface area (TPSA) is 61.1 Å². The number of hydrogen-bond donors (Lipinski definition) is 1. The second-order valence-corrected chi connectivity index (χ2v) is 7.29. The van der Waals surface area contributed by atoms with Crippen molar-refractivity contribution >= 4 is 11.4 Å². The van der Waals surface area contributed by atoms with Crippen LogP contribution < -0.4 is 0 Å². The van der Waals surface area contributed by atoms with E-state index in [1.54, 1.807) is 11.9 Å². The molecule has 1 amide bonds. The van der Waals surface area contributed by atoms with Crippen LogP contribution >= 0.6 is 0 Å². The number of carbonyl (C=O) groups excluding carboxylic acids is 1. The van der Waals surface area contributed by atoms with Gasteiger partial charge in [0, 0.05) is 26.3 Å². The number of piperidine rings is 2. The largest absolute Gasteiger partial charge is 0.391 e. The summed E-state index contributed by atoms with van der Waals surface area (Å²) in [4.78, 5) is 16.7. The summed E-state index contributed by atoms with van der Waals surface area (Å²) in [7, 11) is 1.80. The predicted octanol–water partition coefficient (Wildman–Crippen LogP) is 1.14. The lowest BCUT2D eigenvalue weighted by molar-refractivity contribution is -0.154. The molecule has 1 unspecified atom stereocenters.